The Kier molecular flexibility index (Phi) is 6.12. The van der Waals surface area contributed by atoms with Crippen LogP contribution in [-0.2, 0) is 21.1 Å². The van der Waals surface area contributed by atoms with Crippen molar-refractivity contribution < 1.29 is 13.2 Å². The van der Waals surface area contributed by atoms with Crippen LogP contribution in [0.15, 0.2) is 30.3 Å². The van der Waals surface area contributed by atoms with Crippen molar-refractivity contribution >= 4 is 15.7 Å². The number of rotatable bonds is 6. The molecule has 0 aliphatic carbocycles. The Bertz CT molecular complexity index is 667. The lowest BCUT2D eigenvalue weighted by molar-refractivity contribution is -0.122. The minimum atomic E-state index is -2.93. The van der Waals surface area contributed by atoms with Crippen LogP contribution in [-0.4, -0.2) is 56.4 Å². The van der Waals surface area contributed by atoms with Gasteiger partial charge in [-0.05, 0) is 50.3 Å². The second-order valence-electron chi connectivity index (χ2n) is 7.39. The molecule has 2 aliphatic heterocycles. The Labute approximate surface area is 150 Å². The third-order valence-electron chi connectivity index (χ3n) is 5.33. The van der Waals surface area contributed by atoms with Gasteiger partial charge in [0.25, 0.3) is 0 Å². The van der Waals surface area contributed by atoms with Gasteiger partial charge in [-0.3, -0.25) is 4.79 Å². The van der Waals surface area contributed by atoms with Crippen molar-refractivity contribution in [3.8, 4) is 0 Å². The lowest BCUT2D eigenvalue weighted by Crippen LogP contribution is -2.40. The summed E-state index contributed by atoms with van der Waals surface area (Å²) < 4.78 is 22.9. The van der Waals surface area contributed by atoms with Gasteiger partial charge in [0.15, 0.2) is 9.84 Å². The molecule has 1 N–H and O–H groups in total. The number of nitrogens with one attached hydrogen (secondary N) is 1. The van der Waals surface area contributed by atoms with Crippen molar-refractivity contribution in [3.63, 3.8) is 0 Å². The van der Waals surface area contributed by atoms with E-state index in [2.05, 4.69) is 40.5 Å². The number of amides is 1. The highest BCUT2D eigenvalue weighted by Crippen LogP contribution is 2.21. The summed E-state index contributed by atoms with van der Waals surface area (Å²) >= 11 is 0. The van der Waals surface area contributed by atoms with Gasteiger partial charge in [0.1, 0.15) is 0 Å². The number of benzene rings is 1. The van der Waals surface area contributed by atoms with E-state index in [1.54, 1.807) is 0 Å². The van der Waals surface area contributed by atoms with Crippen LogP contribution < -0.4 is 5.32 Å². The molecule has 0 aromatic heterocycles. The number of piperidine rings is 1. The van der Waals surface area contributed by atoms with Crippen molar-refractivity contribution in [1.82, 2.24) is 10.2 Å². The predicted octanol–water partition coefficient (Wildman–Crippen LogP) is 1.63. The predicted molar refractivity (Wildman–Crippen MR) is 99.1 cm³/mol. The fraction of sp³-hybridized carbons (Fsp3) is 0.632. The van der Waals surface area contributed by atoms with Gasteiger partial charge in [0.2, 0.25) is 5.91 Å². The maximum atomic E-state index is 12.0. The minimum Gasteiger partial charge on any atom is -0.352 e. The number of nitrogens with zero attached hydrogens (tertiary/aromatic N) is 1. The van der Waals surface area contributed by atoms with Crippen molar-refractivity contribution in [3.05, 3.63) is 35.9 Å². The molecule has 25 heavy (non-hydrogen) atoms. The maximum absolute atomic E-state index is 12.0. The van der Waals surface area contributed by atoms with E-state index in [1.807, 2.05) is 0 Å². The molecule has 2 fully saturated rings. The first kappa shape index (κ1) is 18.4. The Hall–Kier alpha value is -1.40. The topological polar surface area (TPSA) is 66.5 Å². The molecule has 1 amide bonds. The van der Waals surface area contributed by atoms with Gasteiger partial charge in [0.05, 0.1) is 11.5 Å². The monoisotopic (exact) mass is 364 g/mol. The van der Waals surface area contributed by atoms with Crippen molar-refractivity contribution in [2.75, 3.05) is 31.1 Å². The molecule has 138 valence electrons. The summed E-state index contributed by atoms with van der Waals surface area (Å²) in [5.74, 6) is 1.01. The first-order valence-corrected chi connectivity index (χ1v) is 11.1. The smallest absolute Gasteiger partial charge is 0.221 e. The quantitative estimate of drug-likeness (QED) is 0.833. The first-order chi connectivity index (χ1) is 12.0. The summed E-state index contributed by atoms with van der Waals surface area (Å²) in [5, 5.41) is 2.87. The molecule has 1 unspecified atom stereocenters. The summed E-state index contributed by atoms with van der Waals surface area (Å²) in [6.07, 6.45) is 4.51. The molecule has 3 rings (SSSR count). The van der Waals surface area contributed by atoms with Gasteiger partial charge in [-0.15, -0.1) is 0 Å². The van der Waals surface area contributed by atoms with E-state index in [9.17, 15) is 13.2 Å². The summed E-state index contributed by atoms with van der Waals surface area (Å²) in [6.45, 7) is 2.86. The summed E-state index contributed by atoms with van der Waals surface area (Å²) in [6, 6.07) is 10.4. The third kappa shape index (κ3) is 5.82. The largest absolute Gasteiger partial charge is 0.352 e. The zero-order chi connectivity index (χ0) is 17.7. The Morgan fingerprint density at radius 1 is 1.12 bits per heavy atom. The first-order valence-electron chi connectivity index (χ1n) is 9.26. The minimum absolute atomic E-state index is 0.0199. The number of sulfone groups is 1. The van der Waals surface area contributed by atoms with E-state index in [-0.39, 0.29) is 23.5 Å². The molecule has 1 atom stereocenters. The lowest BCUT2D eigenvalue weighted by atomic mass is 9.90. The number of hydrogen-bond acceptors (Lipinski definition) is 4. The van der Waals surface area contributed by atoms with Gasteiger partial charge >= 0.3 is 0 Å². The Morgan fingerprint density at radius 2 is 1.84 bits per heavy atom. The van der Waals surface area contributed by atoms with Crippen LogP contribution in [0, 0.1) is 5.92 Å². The molecular weight excluding hydrogens is 336 g/mol. The summed E-state index contributed by atoms with van der Waals surface area (Å²) in [5.41, 5.74) is 1.41. The Balaban J connectivity index is 1.33. The van der Waals surface area contributed by atoms with E-state index < -0.39 is 9.84 Å². The van der Waals surface area contributed by atoms with E-state index in [1.165, 1.54) is 18.4 Å². The molecular formula is C19H28N2O3S. The SMILES string of the molecule is O=C(CCN1CCC(Cc2ccccc2)CC1)NC1CCS(=O)(=O)C1. The van der Waals surface area contributed by atoms with Crippen LogP contribution in [0.3, 0.4) is 0 Å². The maximum Gasteiger partial charge on any atom is 0.221 e. The summed E-state index contributed by atoms with van der Waals surface area (Å²) in [7, 11) is -2.93. The van der Waals surface area contributed by atoms with Gasteiger partial charge < -0.3 is 10.2 Å². The van der Waals surface area contributed by atoms with Gasteiger partial charge in [0, 0.05) is 19.0 Å². The van der Waals surface area contributed by atoms with Gasteiger partial charge in [-0.1, -0.05) is 30.3 Å². The fourth-order valence-corrected chi connectivity index (χ4v) is 5.50. The van der Waals surface area contributed by atoms with Crippen LogP contribution in [0.2, 0.25) is 0 Å². The zero-order valence-corrected chi connectivity index (χ0v) is 15.5. The summed E-state index contributed by atoms with van der Waals surface area (Å²) in [4.78, 5) is 14.4. The van der Waals surface area contributed by atoms with Crippen LogP contribution in [0.1, 0.15) is 31.2 Å². The third-order valence-corrected chi connectivity index (χ3v) is 7.09. The van der Waals surface area contributed by atoms with Crippen LogP contribution in [0.5, 0.6) is 0 Å². The highest BCUT2D eigenvalue weighted by molar-refractivity contribution is 7.91. The number of carbonyl (C=O) groups is 1. The van der Waals surface area contributed by atoms with Crippen molar-refractivity contribution in [2.45, 2.75) is 38.1 Å². The second kappa shape index (κ2) is 8.32. The lowest BCUT2D eigenvalue weighted by Gasteiger charge is -2.32. The molecule has 2 heterocycles. The normalized spacial score (nSPS) is 24.2. The number of likely N-dealkylation sites (tertiary alicyclic amines) is 1. The highest BCUT2D eigenvalue weighted by Gasteiger charge is 2.29. The van der Waals surface area contributed by atoms with Crippen LogP contribution in [0.4, 0.5) is 0 Å². The molecule has 2 aliphatic rings. The van der Waals surface area contributed by atoms with Gasteiger partial charge in [-0.2, -0.15) is 0 Å². The van der Waals surface area contributed by atoms with E-state index in [4.69, 9.17) is 0 Å². The molecule has 0 bridgehead atoms. The molecule has 5 nitrogen and oxygen atoms in total. The molecule has 1 aromatic carbocycles. The van der Waals surface area contributed by atoms with E-state index >= 15 is 0 Å². The highest BCUT2D eigenvalue weighted by atomic mass is 32.2. The molecule has 0 spiro atoms. The zero-order valence-electron chi connectivity index (χ0n) is 14.7. The standard InChI is InChI=1S/C19H28N2O3S/c22-19(20-18-9-13-25(23,24)15-18)8-12-21-10-6-17(7-11-21)14-16-4-2-1-3-5-16/h1-5,17-18H,6-15H2,(H,20,22). The van der Waals surface area contributed by atoms with E-state index in [0.717, 1.165) is 32.0 Å². The van der Waals surface area contributed by atoms with Crippen LogP contribution >= 0.6 is 0 Å². The van der Waals surface area contributed by atoms with Gasteiger partial charge in [-0.25, -0.2) is 8.42 Å². The second-order valence-corrected chi connectivity index (χ2v) is 9.62. The van der Waals surface area contributed by atoms with E-state index in [0.29, 0.717) is 12.8 Å². The number of carbonyl (C=O) groups excluding carboxylic acids is 1. The molecule has 2 saturated heterocycles. The Morgan fingerprint density at radius 3 is 2.48 bits per heavy atom. The molecule has 0 saturated carbocycles. The molecule has 6 heteroatoms. The molecule has 1 aromatic rings. The average molecular weight is 365 g/mol. The average Bonchev–Trinajstić information content (AvgIpc) is 2.94. The van der Waals surface area contributed by atoms with Crippen LogP contribution in [0.25, 0.3) is 0 Å². The fourth-order valence-electron chi connectivity index (χ4n) is 3.83. The van der Waals surface area contributed by atoms with Crippen molar-refractivity contribution in [1.29, 1.82) is 0 Å². The number of hydrogen-bond donors (Lipinski definition) is 1. The van der Waals surface area contributed by atoms with Crippen molar-refractivity contribution in [2.24, 2.45) is 5.92 Å². The molecule has 0 radical (unpaired) electrons.